The molecule has 0 saturated carbocycles. The summed E-state index contributed by atoms with van der Waals surface area (Å²) < 4.78 is 5.10. The first kappa shape index (κ1) is 13.7. The zero-order valence-electron chi connectivity index (χ0n) is 10.3. The highest BCUT2D eigenvalue weighted by molar-refractivity contribution is 6.20. The van der Waals surface area contributed by atoms with Crippen molar-refractivity contribution in [3.63, 3.8) is 0 Å². The molecule has 0 fully saturated rings. The predicted octanol–water partition coefficient (Wildman–Crippen LogP) is 3.12. The monoisotopic (exact) mass is 257 g/mol. The van der Waals surface area contributed by atoms with Crippen LogP contribution in [-0.4, -0.2) is 21.7 Å². The Balaban J connectivity index is 2.69. The maximum absolute atomic E-state index is 11.5. The van der Waals surface area contributed by atoms with Gasteiger partial charge in [0, 0.05) is 6.20 Å². The van der Waals surface area contributed by atoms with Crippen molar-refractivity contribution < 1.29 is 9.53 Å². The number of hydrogen-bond acceptors (Lipinski definition) is 4. The summed E-state index contributed by atoms with van der Waals surface area (Å²) in [6.07, 6.45) is 0.984. The van der Waals surface area contributed by atoms with Crippen molar-refractivity contribution in [2.75, 3.05) is 5.32 Å². The third-order valence-electron chi connectivity index (χ3n) is 1.66. The highest BCUT2D eigenvalue weighted by Crippen LogP contribution is 2.16. The number of nitrogens with one attached hydrogen (secondary N) is 1. The molecule has 1 N–H and O–H groups in total. The largest absolute Gasteiger partial charge is 0.444 e. The van der Waals surface area contributed by atoms with Crippen LogP contribution >= 0.6 is 11.6 Å². The molecule has 0 aliphatic heterocycles. The molecule has 0 spiro atoms. The van der Waals surface area contributed by atoms with Gasteiger partial charge in [0.15, 0.2) is 0 Å². The van der Waals surface area contributed by atoms with Crippen LogP contribution in [0.2, 0.25) is 0 Å². The Morgan fingerprint density at radius 1 is 1.53 bits per heavy atom. The van der Waals surface area contributed by atoms with E-state index in [9.17, 15) is 4.79 Å². The Morgan fingerprint density at radius 2 is 2.18 bits per heavy atom. The van der Waals surface area contributed by atoms with Gasteiger partial charge >= 0.3 is 6.09 Å². The molecule has 1 rings (SSSR count). The quantitative estimate of drug-likeness (QED) is 0.827. The Labute approximate surface area is 106 Å². The second kappa shape index (κ2) is 5.31. The molecule has 17 heavy (non-hydrogen) atoms. The lowest BCUT2D eigenvalue weighted by atomic mass is 10.2. The fraction of sp³-hybridized carbons (Fsp3) is 0.545. The van der Waals surface area contributed by atoms with E-state index in [0.717, 1.165) is 0 Å². The SMILES string of the molecule is CC(Cl)c1nccc(NC(=O)OC(C)(C)C)n1. The molecule has 94 valence electrons. The molecule has 1 aromatic rings. The van der Waals surface area contributed by atoms with Gasteiger partial charge in [0.1, 0.15) is 17.2 Å². The van der Waals surface area contributed by atoms with Gasteiger partial charge < -0.3 is 4.74 Å². The third-order valence-corrected chi connectivity index (χ3v) is 1.85. The van der Waals surface area contributed by atoms with Gasteiger partial charge in [-0.05, 0) is 33.8 Å². The lowest BCUT2D eigenvalue weighted by molar-refractivity contribution is 0.0635. The van der Waals surface area contributed by atoms with Gasteiger partial charge in [-0.1, -0.05) is 0 Å². The second-order valence-corrected chi connectivity index (χ2v) is 5.20. The van der Waals surface area contributed by atoms with E-state index in [-0.39, 0.29) is 5.38 Å². The van der Waals surface area contributed by atoms with E-state index in [1.165, 1.54) is 6.20 Å². The number of nitrogens with zero attached hydrogens (tertiary/aromatic N) is 2. The van der Waals surface area contributed by atoms with Crippen molar-refractivity contribution in [3.05, 3.63) is 18.1 Å². The van der Waals surface area contributed by atoms with Crippen LogP contribution in [0.15, 0.2) is 12.3 Å². The topological polar surface area (TPSA) is 64.1 Å². The van der Waals surface area contributed by atoms with E-state index in [0.29, 0.717) is 11.6 Å². The van der Waals surface area contributed by atoms with Crippen LogP contribution in [0.5, 0.6) is 0 Å². The normalized spacial score (nSPS) is 13.0. The number of carbonyl (C=O) groups is 1. The van der Waals surface area contributed by atoms with Crippen molar-refractivity contribution in [1.82, 2.24) is 9.97 Å². The Hall–Kier alpha value is -1.36. The van der Waals surface area contributed by atoms with E-state index in [2.05, 4.69) is 15.3 Å². The first-order valence-corrected chi connectivity index (χ1v) is 5.68. The van der Waals surface area contributed by atoms with Gasteiger partial charge in [0.05, 0.1) is 5.38 Å². The number of hydrogen-bond donors (Lipinski definition) is 1. The standard InChI is InChI=1S/C11H16ClN3O2/c1-7(12)9-13-6-5-8(14-9)15-10(16)17-11(2,3)4/h5-7H,1-4H3,(H,13,14,15,16). The van der Waals surface area contributed by atoms with Crippen LogP contribution in [0, 0.1) is 0 Å². The average molecular weight is 258 g/mol. The number of aromatic nitrogens is 2. The number of carbonyl (C=O) groups excluding carboxylic acids is 1. The summed E-state index contributed by atoms with van der Waals surface area (Å²) >= 11 is 5.85. The molecule has 0 aromatic carbocycles. The number of rotatable bonds is 2. The van der Waals surface area contributed by atoms with Crippen molar-refractivity contribution in [2.24, 2.45) is 0 Å². The van der Waals surface area contributed by atoms with E-state index in [1.54, 1.807) is 33.8 Å². The first-order valence-electron chi connectivity index (χ1n) is 5.25. The van der Waals surface area contributed by atoms with Crippen LogP contribution in [0.3, 0.4) is 0 Å². The summed E-state index contributed by atoms with van der Waals surface area (Å²) in [5.74, 6) is 0.831. The lowest BCUT2D eigenvalue weighted by Crippen LogP contribution is -2.27. The molecule has 0 radical (unpaired) electrons. The maximum atomic E-state index is 11.5. The molecule has 0 aliphatic rings. The van der Waals surface area contributed by atoms with Crippen LogP contribution < -0.4 is 5.32 Å². The minimum atomic E-state index is -0.552. The van der Waals surface area contributed by atoms with Gasteiger partial charge in [-0.2, -0.15) is 0 Å². The average Bonchev–Trinajstić information content (AvgIpc) is 2.14. The molecular weight excluding hydrogens is 242 g/mol. The summed E-state index contributed by atoms with van der Waals surface area (Å²) in [4.78, 5) is 19.6. The molecule has 1 heterocycles. The fourth-order valence-electron chi connectivity index (χ4n) is 1.04. The molecule has 0 saturated heterocycles. The van der Waals surface area contributed by atoms with Crippen LogP contribution in [0.25, 0.3) is 0 Å². The van der Waals surface area contributed by atoms with Gasteiger partial charge in [0.2, 0.25) is 0 Å². The Kier molecular flexibility index (Phi) is 4.28. The molecule has 1 aromatic heterocycles. The number of ether oxygens (including phenoxy) is 1. The fourth-order valence-corrected chi connectivity index (χ4v) is 1.15. The van der Waals surface area contributed by atoms with E-state index >= 15 is 0 Å². The Morgan fingerprint density at radius 3 is 2.71 bits per heavy atom. The van der Waals surface area contributed by atoms with Crippen molar-refractivity contribution in [2.45, 2.75) is 38.7 Å². The smallest absolute Gasteiger partial charge is 0.413 e. The zero-order chi connectivity index (χ0) is 13.1. The summed E-state index contributed by atoms with van der Waals surface area (Å²) in [7, 11) is 0. The maximum Gasteiger partial charge on any atom is 0.413 e. The minimum Gasteiger partial charge on any atom is -0.444 e. The van der Waals surface area contributed by atoms with E-state index in [1.807, 2.05) is 0 Å². The number of amides is 1. The summed E-state index contributed by atoms with van der Waals surface area (Å²) in [6.45, 7) is 7.13. The molecule has 5 nitrogen and oxygen atoms in total. The lowest BCUT2D eigenvalue weighted by Gasteiger charge is -2.19. The molecule has 1 unspecified atom stereocenters. The first-order chi connectivity index (χ1) is 7.78. The third kappa shape index (κ3) is 4.99. The van der Waals surface area contributed by atoms with Gasteiger partial charge in [0.25, 0.3) is 0 Å². The number of anilines is 1. The van der Waals surface area contributed by atoms with Crippen molar-refractivity contribution in [3.8, 4) is 0 Å². The highest BCUT2D eigenvalue weighted by Gasteiger charge is 2.16. The zero-order valence-corrected chi connectivity index (χ0v) is 11.1. The van der Waals surface area contributed by atoms with Crippen molar-refractivity contribution in [1.29, 1.82) is 0 Å². The van der Waals surface area contributed by atoms with E-state index in [4.69, 9.17) is 16.3 Å². The van der Waals surface area contributed by atoms with Crippen LogP contribution in [0.1, 0.15) is 38.9 Å². The highest BCUT2D eigenvalue weighted by atomic mass is 35.5. The predicted molar refractivity (Wildman–Crippen MR) is 66.2 cm³/mol. The summed E-state index contributed by atoms with van der Waals surface area (Å²) in [5, 5.41) is 2.21. The molecule has 0 bridgehead atoms. The van der Waals surface area contributed by atoms with Crippen LogP contribution in [0.4, 0.5) is 10.6 Å². The molecule has 6 heteroatoms. The van der Waals surface area contributed by atoms with Crippen LogP contribution in [-0.2, 0) is 4.74 Å². The molecule has 1 atom stereocenters. The van der Waals surface area contributed by atoms with Gasteiger partial charge in [-0.25, -0.2) is 14.8 Å². The summed E-state index contributed by atoms with van der Waals surface area (Å²) in [5.41, 5.74) is -0.542. The molecule has 0 aliphatic carbocycles. The van der Waals surface area contributed by atoms with Gasteiger partial charge in [-0.3, -0.25) is 5.32 Å². The molecular formula is C11H16ClN3O2. The van der Waals surface area contributed by atoms with E-state index < -0.39 is 11.7 Å². The minimum absolute atomic E-state index is 0.310. The van der Waals surface area contributed by atoms with Crippen molar-refractivity contribution >= 4 is 23.5 Å². The van der Waals surface area contributed by atoms with Gasteiger partial charge in [-0.15, -0.1) is 11.6 Å². The summed E-state index contributed by atoms with van der Waals surface area (Å²) in [6, 6.07) is 1.58. The number of alkyl halides is 1. The second-order valence-electron chi connectivity index (χ2n) is 4.54. The molecule has 1 amide bonds. The number of halogens is 1. The Bertz CT molecular complexity index is 402.